The van der Waals surface area contributed by atoms with Gasteiger partial charge in [0.2, 0.25) is 0 Å². The van der Waals surface area contributed by atoms with E-state index in [9.17, 15) is 4.79 Å². The maximum atomic E-state index is 12.5. The number of hydrogen-bond donors (Lipinski definition) is 1. The van der Waals surface area contributed by atoms with E-state index in [0.717, 1.165) is 17.0 Å². The van der Waals surface area contributed by atoms with Crippen LogP contribution in [-0.2, 0) is 10.5 Å². The number of halogens is 1. The van der Waals surface area contributed by atoms with E-state index in [2.05, 4.69) is 23.5 Å². The quantitative estimate of drug-likeness (QED) is 0.460. The zero-order valence-electron chi connectivity index (χ0n) is 15.8. The number of thioether (sulfide) groups is 1. The molecule has 3 aromatic rings. The van der Waals surface area contributed by atoms with Crippen LogP contribution in [0.5, 0.6) is 5.75 Å². The average molecular weight is 412 g/mol. The average Bonchev–Trinajstić information content (AvgIpc) is 2.70. The molecule has 3 rings (SSSR count). The zero-order valence-corrected chi connectivity index (χ0v) is 17.4. The Bertz CT molecular complexity index is 929. The summed E-state index contributed by atoms with van der Waals surface area (Å²) in [5, 5.41) is 3.58. The number of hydrogen-bond acceptors (Lipinski definition) is 3. The molecule has 1 amide bonds. The van der Waals surface area contributed by atoms with Gasteiger partial charge in [-0.05, 0) is 67.4 Å². The molecule has 0 aliphatic rings. The number of carbonyl (C=O) groups is 1. The number of benzene rings is 3. The van der Waals surface area contributed by atoms with E-state index in [-0.39, 0.29) is 5.91 Å². The van der Waals surface area contributed by atoms with Gasteiger partial charge in [-0.15, -0.1) is 11.8 Å². The number of anilines is 1. The lowest BCUT2D eigenvalue weighted by Gasteiger charge is -2.16. The summed E-state index contributed by atoms with van der Waals surface area (Å²) in [6.45, 7) is 3.72. The van der Waals surface area contributed by atoms with Gasteiger partial charge in [0.15, 0.2) is 6.10 Å². The summed E-state index contributed by atoms with van der Waals surface area (Å²) in [6, 6.07) is 23.4. The summed E-state index contributed by atoms with van der Waals surface area (Å²) in [7, 11) is 0. The fourth-order valence-electron chi connectivity index (χ4n) is 2.64. The molecular weight excluding hydrogens is 390 g/mol. The minimum atomic E-state index is -0.617. The summed E-state index contributed by atoms with van der Waals surface area (Å²) in [5.74, 6) is 1.30. The van der Waals surface area contributed by atoms with Crippen molar-refractivity contribution in [3.63, 3.8) is 0 Å². The van der Waals surface area contributed by atoms with Crippen molar-refractivity contribution in [1.82, 2.24) is 0 Å². The predicted octanol–water partition coefficient (Wildman–Crippen LogP) is 6.35. The largest absolute Gasteiger partial charge is 0.481 e. The van der Waals surface area contributed by atoms with Gasteiger partial charge in [-0.1, -0.05) is 41.9 Å². The lowest BCUT2D eigenvalue weighted by atomic mass is 10.1. The van der Waals surface area contributed by atoms with Gasteiger partial charge in [0.25, 0.3) is 5.91 Å². The van der Waals surface area contributed by atoms with Crippen LogP contribution in [0.2, 0.25) is 5.02 Å². The van der Waals surface area contributed by atoms with Crippen LogP contribution in [0.3, 0.4) is 0 Å². The zero-order chi connectivity index (χ0) is 19.9. The lowest BCUT2D eigenvalue weighted by molar-refractivity contribution is -0.122. The molecule has 0 saturated carbocycles. The van der Waals surface area contributed by atoms with Gasteiger partial charge < -0.3 is 10.1 Å². The summed E-state index contributed by atoms with van der Waals surface area (Å²) in [4.78, 5) is 13.7. The Kier molecular flexibility index (Phi) is 7.01. The summed E-state index contributed by atoms with van der Waals surface area (Å²) < 4.78 is 5.68. The highest BCUT2D eigenvalue weighted by molar-refractivity contribution is 7.98. The Balaban J connectivity index is 1.57. The second-order valence-corrected chi connectivity index (χ2v) is 7.94. The van der Waals surface area contributed by atoms with Crippen LogP contribution in [0.1, 0.15) is 18.1 Å². The maximum absolute atomic E-state index is 12.5. The summed E-state index contributed by atoms with van der Waals surface area (Å²) in [5.41, 5.74) is 3.04. The van der Waals surface area contributed by atoms with E-state index in [4.69, 9.17) is 16.3 Å². The van der Waals surface area contributed by atoms with Crippen molar-refractivity contribution >= 4 is 35.0 Å². The van der Waals surface area contributed by atoms with Crippen LogP contribution in [0, 0.1) is 6.92 Å². The molecule has 5 heteroatoms. The monoisotopic (exact) mass is 411 g/mol. The number of nitrogens with one attached hydrogen (secondary N) is 1. The molecule has 3 aromatic carbocycles. The van der Waals surface area contributed by atoms with Crippen molar-refractivity contribution in [3.8, 4) is 5.75 Å². The lowest BCUT2D eigenvalue weighted by Crippen LogP contribution is -2.30. The van der Waals surface area contributed by atoms with E-state index in [1.54, 1.807) is 43.0 Å². The molecule has 3 nitrogen and oxygen atoms in total. The maximum Gasteiger partial charge on any atom is 0.265 e. The van der Waals surface area contributed by atoms with Gasteiger partial charge in [0.1, 0.15) is 5.75 Å². The molecule has 0 aliphatic carbocycles. The van der Waals surface area contributed by atoms with Gasteiger partial charge in [0, 0.05) is 21.4 Å². The highest BCUT2D eigenvalue weighted by atomic mass is 35.5. The smallest absolute Gasteiger partial charge is 0.265 e. The topological polar surface area (TPSA) is 38.3 Å². The Morgan fingerprint density at radius 1 is 1.07 bits per heavy atom. The minimum Gasteiger partial charge on any atom is -0.481 e. The Morgan fingerprint density at radius 2 is 1.79 bits per heavy atom. The van der Waals surface area contributed by atoms with Gasteiger partial charge in [-0.25, -0.2) is 0 Å². The fraction of sp³-hybridized carbons (Fsp3) is 0.174. The fourth-order valence-corrected chi connectivity index (χ4v) is 3.63. The second kappa shape index (κ2) is 9.67. The van der Waals surface area contributed by atoms with Crippen molar-refractivity contribution in [2.45, 2.75) is 30.6 Å². The molecule has 0 heterocycles. The molecule has 1 N–H and O–H groups in total. The molecule has 0 saturated heterocycles. The van der Waals surface area contributed by atoms with Crippen LogP contribution in [0.25, 0.3) is 0 Å². The second-order valence-electron chi connectivity index (χ2n) is 6.45. The number of rotatable bonds is 7. The predicted molar refractivity (Wildman–Crippen MR) is 117 cm³/mol. The molecular formula is C23H22ClNO2S. The number of ether oxygens (including phenoxy) is 1. The molecule has 0 fully saturated rings. The Hall–Kier alpha value is -2.43. The van der Waals surface area contributed by atoms with Crippen molar-refractivity contribution in [3.05, 3.63) is 88.9 Å². The van der Waals surface area contributed by atoms with Crippen molar-refractivity contribution in [1.29, 1.82) is 0 Å². The van der Waals surface area contributed by atoms with Gasteiger partial charge in [0.05, 0.1) is 0 Å². The molecule has 0 radical (unpaired) electrons. The Labute approximate surface area is 175 Å². The molecule has 0 aromatic heterocycles. The number of amides is 1. The van der Waals surface area contributed by atoms with E-state index in [1.807, 2.05) is 37.3 Å². The van der Waals surface area contributed by atoms with Gasteiger partial charge >= 0.3 is 0 Å². The number of carbonyl (C=O) groups excluding carboxylic acids is 1. The van der Waals surface area contributed by atoms with E-state index >= 15 is 0 Å². The molecule has 0 bridgehead atoms. The van der Waals surface area contributed by atoms with E-state index in [1.165, 1.54) is 10.5 Å². The SMILES string of the molecule is Cc1cc(CSc2ccccc2)ccc1NC(=O)[C@H](C)Oc1ccc(Cl)cc1. The first kappa shape index (κ1) is 20.3. The van der Waals surface area contributed by atoms with Crippen molar-refractivity contribution in [2.24, 2.45) is 0 Å². The third kappa shape index (κ3) is 5.78. The van der Waals surface area contributed by atoms with E-state index in [0.29, 0.717) is 10.8 Å². The molecule has 0 aliphatic heterocycles. The van der Waals surface area contributed by atoms with Crippen LogP contribution >= 0.6 is 23.4 Å². The van der Waals surface area contributed by atoms with Crippen LogP contribution in [0.4, 0.5) is 5.69 Å². The molecule has 28 heavy (non-hydrogen) atoms. The summed E-state index contributed by atoms with van der Waals surface area (Å²) in [6.07, 6.45) is -0.617. The standard InChI is InChI=1S/C23H22ClNO2S/c1-16-14-18(15-28-21-6-4-3-5-7-21)8-13-22(16)25-23(26)17(2)27-20-11-9-19(24)10-12-20/h3-14,17H,15H2,1-2H3,(H,25,26)/t17-/m0/s1. The van der Waals surface area contributed by atoms with Gasteiger partial charge in [-0.3, -0.25) is 4.79 Å². The molecule has 144 valence electrons. The first-order valence-electron chi connectivity index (χ1n) is 9.02. The van der Waals surface area contributed by atoms with Crippen molar-refractivity contribution < 1.29 is 9.53 Å². The Morgan fingerprint density at radius 3 is 2.46 bits per heavy atom. The van der Waals surface area contributed by atoms with Crippen LogP contribution in [0.15, 0.2) is 77.7 Å². The highest BCUT2D eigenvalue weighted by Gasteiger charge is 2.16. The van der Waals surface area contributed by atoms with Gasteiger partial charge in [-0.2, -0.15) is 0 Å². The van der Waals surface area contributed by atoms with Crippen LogP contribution in [-0.4, -0.2) is 12.0 Å². The normalized spacial score (nSPS) is 11.7. The number of aryl methyl sites for hydroxylation is 1. The first-order valence-corrected chi connectivity index (χ1v) is 10.4. The van der Waals surface area contributed by atoms with Crippen LogP contribution < -0.4 is 10.1 Å². The third-order valence-electron chi connectivity index (χ3n) is 4.19. The molecule has 0 unspecified atom stereocenters. The third-order valence-corrected chi connectivity index (χ3v) is 5.53. The highest BCUT2D eigenvalue weighted by Crippen LogP contribution is 2.25. The first-order chi connectivity index (χ1) is 13.5. The van der Waals surface area contributed by atoms with E-state index < -0.39 is 6.10 Å². The van der Waals surface area contributed by atoms with Crippen molar-refractivity contribution in [2.75, 3.05) is 5.32 Å². The minimum absolute atomic E-state index is 0.190. The molecule has 0 spiro atoms. The summed E-state index contributed by atoms with van der Waals surface area (Å²) >= 11 is 7.66. The molecule has 1 atom stereocenters.